The van der Waals surface area contributed by atoms with Crippen molar-refractivity contribution >= 4 is 11.7 Å². The number of hydrogen-bond acceptors (Lipinski definition) is 4. The molecule has 0 aliphatic rings. The number of anilines is 1. The van der Waals surface area contributed by atoms with Crippen LogP contribution in [0.5, 0.6) is 5.75 Å². The van der Waals surface area contributed by atoms with Crippen LogP contribution in [0.1, 0.15) is 15.9 Å². The molecule has 0 aliphatic heterocycles. The monoisotopic (exact) mass is 228 g/mol. The molecule has 0 bridgehead atoms. The molecule has 0 spiro atoms. The van der Waals surface area contributed by atoms with Crippen LogP contribution in [-0.4, -0.2) is 17.7 Å². The van der Waals surface area contributed by atoms with Crippen LogP contribution in [0.15, 0.2) is 12.1 Å². The first kappa shape index (κ1) is 11.7. The zero-order chi connectivity index (χ0) is 12.3. The van der Waals surface area contributed by atoms with Crippen LogP contribution in [0.4, 0.5) is 14.5 Å². The number of aromatic carboxylic acids is 1. The Hall–Kier alpha value is -2.36. The molecule has 0 radical (unpaired) electrons. The minimum atomic E-state index is -3.11. The number of benzene rings is 1. The van der Waals surface area contributed by atoms with Gasteiger partial charge >= 0.3 is 12.6 Å². The molecule has 1 aromatic rings. The van der Waals surface area contributed by atoms with E-state index >= 15 is 0 Å². The van der Waals surface area contributed by atoms with Gasteiger partial charge in [0.2, 0.25) is 0 Å². The third kappa shape index (κ3) is 2.36. The van der Waals surface area contributed by atoms with Crippen molar-refractivity contribution in [3.05, 3.63) is 23.3 Å². The molecule has 0 aromatic heterocycles. The number of carboxylic acid groups (broad SMARTS) is 1. The second-order valence-electron chi connectivity index (χ2n) is 2.73. The summed E-state index contributed by atoms with van der Waals surface area (Å²) in [6, 6.07) is 3.36. The SMILES string of the molecule is N#Cc1cc(N)c(OC(F)F)cc1C(=O)O. The number of hydrogen-bond donors (Lipinski definition) is 2. The third-order valence-electron chi connectivity index (χ3n) is 1.72. The quantitative estimate of drug-likeness (QED) is 0.763. The molecule has 16 heavy (non-hydrogen) atoms. The number of nitrogens with two attached hydrogens (primary N) is 1. The number of nitrogens with zero attached hydrogens (tertiary/aromatic N) is 1. The lowest BCUT2D eigenvalue weighted by Gasteiger charge is -2.09. The fourth-order valence-corrected chi connectivity index (χ4v) is 1.06. The summed E-state index contributed by atoms with van der Waals surface area (Å²) in [7, 11) is 0. The number of halogens is 2. The minimum absolute atomic E-state index is 0.216. The van der Waals surface area contributed by atoms with Crippen LogP contribution < -0.4 is 10.5 Å². The molecule has 0 saturated carbocycles. The molecule has 0 unspecified atom stereocenters. The van der Waals surface area contributed by atoms with Gasteiger partial charge in [0, 0.05) is 0 Å². The molecule has 0 atom stereocenters. The maximum absolute atomic E-state index is 11.9. The second-order valence-corrected chi connectivity index (χ2v) is 2.73. The van der Waals surface area contributed by atoms with Gasteiger partial charge < -0.3 is 15.6 Å². The zero-order valence-corrected chi connectivity index (χ0v) is 7.78. The molecule has 3 N–H and O–H groups in total. The van der Waals surface area contributed by atoms with Crippen molar-refractivity contribution in [1.82, 2.24) is 0 Å². The van der Waals surface area contributed by atoms with Gasteiger partial charge in [0.15, 0.2) is 0 Å². The summed E-state index contributed by atoms with van der Waals surface area (Å²) in [4.78, 5) is 10.7. The van der Waals surface area contributed by atoms with Crippen LogP contribution in [0.25, 0.3) is 0 Å². The first-order valence-electron chi connectivity index (χ1n) is 3.97. The molecule has 0 amide bonds. The highest BCUT2D eigenvalue weighted by Gasteiger charge is 2.16. The predicted molar refractivity (Wildman–Crippen MR) is 49.2 cm³/mol. The summed E-state index contributed by atoms with van der Waals surface area (Å²) < 4.78 is 27.9. The Balaban J connectivity index is 3.29. The smallest absolute Gasteiger partial charge is 0.387 e. The molecule has 1 rings (SSSR count). The Morgan fingerprint density at radius 2 is 2.19 bits per heavy atom. The van der Waals surface area contributed by atoms with E-state index in [1.165, 1.54) is 0 Å². The molecule has 0 saturated heterocycles. The summed E-state index contributed by atoms with van der Waals surface area (Å²) in [6.07, 6.45) is 0. The number of carbonyl (C=O) groups is 1. The molecule has 0 aliphatic carbocycles. The van der Waals surface area contributed by atoms with Crippen molar-refractivity contribution in [3.8, 4) is 11.8 Å². The van der Waals surface area contributed by atoms with Gasteiger partial charge in [-0.3, -0.25) is 0 Å². The molecular weight excluding hydrogens is 222 g/mol. The van der Waals surface area contributed by atoms with E-state index in [4.69, 9.17) is 16.1 Å². The van der Waals surface area contributed by atoms with Crippen molar-refractivity contribution in [3.63, 3.8) is 0 Å². The van der Waals surface area contributed by atoms with Gasteiger partial charge in [-0.05, 0) is 12.1 Å². The van der Waals surface area contributed by atoms with Gasteiger partial charge in [0.1, 0.15) is 11.8 Å². The van der Waals surface area contributed by atoms with Crippen LogP contribution in [0.2, 0.25) is 0 Å². The maximum atomic E-state index is 11.9. The van der Waals surface area contributed by atoms with E-state index in [9.17, 15) is 13.6 Å². The van der Waals surface area contributed by atoms with Gasteiger partial charge in [-0.25, -0.2) is 4.79 Å². The van der Waals surface area contributed by atoms with Gasteiger partial charge in [-0.15, -0.1) is 0 Å². The summed E-state index contributed by atoms with van der Waals surface area (Å²) in [5, 5.41) is 17.3. The van der Waals surface area contributed by atoms with Crippen molar-refractivity contribution < 1.29 is 23.4 Å². The fourth-order valence-electron chi connectivity index (χ4n) is 1.06. The van der Waals surface area contributed by atoms with Crippen molar-refractivity contribution in [1.29, 1.82) is 5.26 Å². The Labute approximate surface area is 88.7 Å². The lowest BCUT2D eigenvalue weighted by Crippen LogP contribution is -2.08. The van der Waals surface area contributed by atoms with E-state index in [2.05, 4.69) is 4.74 Å². The van der Waals surface area contributed by atoms with E-state index in [-0.39, 0.29) is 11.3 Å². The first-order chi connectivity index (χ1) is 7.45. The summed E-state index contributed by atoms with van der Waals surface area (Å²) in [6.45, 7) is -3.11. The highest BCUT2D eigenvalue weighted by atomic mass is 19.3. The number of carboxylic acids is 1. The average Bonchev–Trinajstić information content (AvgIpc) is 2.19. The van der Waals surface area contributed by atoms with Crippen molar-refractivity contribution in [2.75, 3.05) is 5.73 Å². The van der Waals surface area contributed by atoms with E-state index in [0.717, 1.165) is 12.1 Å². The van der Waals surface area contributed by atoms with Gasteiger partial charge in [-0.1, -0.05) is 0 Å². The van der Waals surface area contributed by atoms with E-state index in [1.54, 1.807) is 6.07 Å². The normalized spacial score (nSPS) is 9.88. The standard InChI is InChI=1S/C9H6F2N2O3/c10-9(11)16-7-2-5(8(14)15)4(3-12)1-6(7)13/h1-2,9H,13H2,(H,14,15). The molecule has 5 nitrogen and oxygen atoms in total. The molecule has 7 heteroatoms. The Morgan fingerprint density at radius 3 is 2.62 bits per heavy atom. The summed E-state index contributed by atoms with van der Waals surface area (Å²) in [5.74, 6) is -1.89. The Bertz CT molecular complexity index is 469. The largest absolute Gasteiger partial charge is 0.478 e. The van der Waals surface area contributed by atoms with Crippen LogP contribution in [0, 0.1) is 11.3 Å². The van der Waals surface area contributed by atoms with Gasteiger partial charge in [0.05, 0.1) is 16.8 Å². The predicted octanol–water partition coefficient (Wildman–Crippen LogP) is 1.44. The highest BCUT2D eigenvalue weighted by molar-refractivity contribution is 5.92. The number of nitrogen functional groups attached to an aromatic ring is 1. The molecular formula is C9H6F2N2O3. The van der Waals surface area contributed by atoms with Crippen molar-refractivity contribution in [2.24, 2.45) is 0 Å². The van der Waals surface area contributed by atoms with Crippen molar-refractivity contribution in [2.45, 2.75) is 6.61 Å². The minimum Gasteiger partial charge on any atom is -0.478 e. The Morgan fingerprint density at radius 1 is 1.56 bits per heavy atom. The molecule has 0 fully saturated rings. The summed E-state index contributed by atoms with van der Waals surface area (Å²) in [5.41, 5.74) is 4.44. The first-order valence-corrected chi connectivity index (χ1v) is 3.97. The number of alkyl halides is 2. The maximum Gasteiger partial charge on any atom is 0.387 e. The number of ether oxygens (including phenoxy) is 1. The molecule has 0 heterocycles. The lowest BCUT2D eigenvalue weighted by molar-refractivity contribution is -0.0494. The zero-order valence-electron chi connectivity index (χ0n) is 7.78. The number of nitriles is 1. The van der Waals surface area contributed by atoms with E-state index in [1.807, 2.05) is 0 Å². The average molecular weight is 228 g/mol. The van der Waals surface area contributed by atoms with Gasteiger partial charge in [0.25, 0.3) is 0 Å². The van der Waals surface area contributed by atoms with E-state index < -0.39 is 23.9 Å². The Kier molecular flexibility index (Phi) is 3.25. The second kappa shape index (κ2) is 4.44. The third-order valence-corrected chi connectivity index (χ3v) is 1.72. The number of rotatable bonds is 3. The lowest BCUT2D eigenvalue weighted by atomic mass is 10.1. The van der Waals surface area contributed by atoms with Gasteiger partial charge in [-0.2, -0.15) is 14.0 Å². The van der Waals surface area contributed by atoms with Crippen LogP contribution >= 0.6 is 0 Å². The fraction of sp³-hybridized carbons (Fsp3) is 0.111. The molecule has 84 valence electrons. The molecule has 1 aromatic carbocycles. The highest BCUT2D eigenvalue weighted by Crippen LogP contribution is 2.27. The summed E-state index contributed by atoms with van der Waals surface area (Å²) >= 11 is 0. The van der Waals surface area contributed by atoms with Crippen LogP contribution in [0.3, 0.4) is 0 Å². The van der Waals surface area contributed by atoms with E-state index in [0.29, 0.717) is 0 Å². The topological polar surface area (TPSA) is 96.3 Å². The van der Waals surface area contributed by atoms with Crippen LogP contribution in [-0.2, 0) is 0 Å².